The first-order valence-corrected chi connectivity index (χ1v) is 9.71. The van der Waals surface area contributed by atoms with E-state index in [1.807, 2.05) is 12.1 Å². The summed E-state index contributed by atoms with van der Waals surface area (Å²) in [6, 6.07) is 18.1. The Morgan fingerprint density at radius 2 is 1.72 bits per heavy atom. The summed E-state index contributed by atoms with van der Waals surface area (Å²) in [6.07, 6.45) is 0. The number of carbonyl (C=O) groups excluding carboxylic acids is 2. The molecule has 164 valence electrons. The van der Waals surface area contributed by atoms with E-state index in [2.05, 4.69) is 6.07 Å². The molecule has 2 aromatic carbocycles. The molecule has 32 heavy (non-hydrogen) atoms. The predicted octanol–water partition coefficient (Wildman–Crippen LogP) is 2.73. The fourth-order valence-electron chi connectivity index (χ4n) is 3.73. The van der Waals surface area contributed by atoms with E-state index in [9.17, 15) is 14.9 Å². The fraction of sp³-hybridized carbons (Fsp3) is 0.208. The topological polar surface area (TPSA) is 115 Å². The Hall–Kier alpha value is -4.09. The highest BCUT2D eigenvalue weighted by molar-refractivity contribution is 6.06. The summed E-state index contributed by atoms with van der Waals surface area (Å²) in [4.78, 5) is 27.3. The molecule has 1 heterocycles. The number of rotatable bonds is 6. The van der Waals surface area contributed by atoms with Gasteiger partial charge in [0.25, 0.3) is 0 Å². The molecule has 8 heteroatoms. The van der Waals surface area contributed by atoms with Gasteiger partial charge in [0.1, 0.15) is 11.5 Å². The largest absolute Gasteiger partial charge is 0.466 e. The smallest absolute Gasteiger partial charge is 0.355 e. The van der Waals surface area contributed by atoms with Gasteiger partial charge in [-0.2, -0.15) is 5.26 Å². The van der Waals surface area contributed by atoms with Crippen molar-refractivity contribution in [1.82, 2.24) is 0 Å². The molecule has 1 unspecified atom stereocenters. The summed E-state index contributed by atoms with van der Waals surface area (Å²) >= 11 is 0. The second-order valence-corrected chi connectivity index (χ2v) is 6.94. The van der Waals surface area contributed by atoms with Gasteiger partial charge in [-0.25, -0.2) is 9.59 Å². The van der Waals surface area contributed by atoms with Crippen LogP contribution in [0.3, 0.4) is 0 Å². The number of nitriles is 1. The standard InChI is InChI=1S/C24H23N3O5/c1-30-14-15-8-7-11-17(12-15)27-21(24(29)32-3)20(23(28)31-2)19(18(13-25)22(27)26)16-9-5-4-6-10-16/h4-12,19H,14,26H2,1-3H3. The van der Waals surface area contributed by atoms with E-state index < -0.39 is 17.9 Å². The summed E-state index contributed by atoms with van der Waals surface area (Å²) in [5.74, 6) is -2.44. The maximum Gasteiger partial charge on any atom is 0.355 e. The maximum absolute atomic E-state index is 13.0. The van der Waals surface area contributed by atoms with Gasteiger partial charge in [-0.3, -0.25) is 4.90 Å². The van der Waals surface area contributed by atoms with Gasteiger partial charge in [0, 0.05) is 12.8 Å². The number of hydrogen-bond acceptors (Lipinski definition) is 8. The lowest BCUT2D eigenvalue weighted by Crippen LogP contribution is -2.40. The lowest BCUT2D eigenvalue weighted by atomic mass is 9.81. The first kappa shape index (κ1) is 22.6. The van der Waals surface area contributed by atoms with E-state index in [1.165, 1.54) is 19.1 Å². The number of esters is 2. The number of nitrogens with zero attached hydrogens (tertiary/aromatic N) is 2. The summed E-state index contributed by atoms with van der Waals surface area (Å²) in [5, 5.41) is 10.0. The Bertz CT molecular complexity index is 1130. The monoisotopic (exact) mass is 433 g/mol. The number of ether oxygens (including phenoxy) is 3. The summed E-state index contributed by atoms with van der Waals surface area (Å²) < 4.78 is 15.2. The van der Waals surface area contributed by atoms with Crippen LogP contribution in [0.5, 0.6) is 0 Å². The molecule has 0 amide bonds. The molecule has 1 atom stereocenters. The van der Waals surface area contributed by atoms with Crippen molar-refractivity contribution in [3.05, 3.63) is 88.4 Å². The van der Waals surface area contributed by atoms with E-state index in [0.717, 1.165) is 5.56 Å². The van der Waals surface area contributed by atoms with Crippen LogP contribution in [-0.2, 0) is 30.4 Å². The molecule has 0 saturated carbocycles. The minimum absolute atomic E-state index is 0.0176. The third-order valence-electron chi connectivity index (χ3n) is 5.09. The van der Waals surface area contributed by atoms with E-state index in [0.29, 0.717) is 17.9 Å². The average Bonchev–Trinajstić information content (AvgIpc) is 2.83. The lowest BCUT2D eigenvalue weighted by Gasteiger charge is -2.36. The van der Waals surface area contributed by atoms with Crippen LogP contribution in [0.25, 0.3) is 0 Å². The molecule has 0 saturated heterocycles. The van der Waals surface area contributed by atoms with E-state index in [4.69, 9.17) is 19.9 Å². The van der Waals surface area contributed by atoms with Crippen molar-refractivity contribution in [3.8, 4) is 6.07 Å². The van der Waals surface area contributed by atoms with Crippen LogP contribution in [0.2, 0.25) is 0 Å². The number of allylic oxidation sites excluding steroid dienone is 1. The molecule has 2 N–H and O–H groups in total. The molecule has 0 aromatic heterocycles. The molecule has 1 aliphatic rings. The zero-order valence-corrected chi connectivity index (χ0v) is 18.0. The molecule has 0 radical (unpaired) electrons. The van der Waals surface area contributed by atoms with Gasteiger partial charge in [0.05, 0.1) is 44.0 Å². The summed E-state index contributed by atoms with van der Waals surface area (Å²) in [5.41, 5.74) is 8.32. The minimum Gasteiger partial charge on any atom is -0.466 e. The third kappa shape index (κ3) is 4.06. The minimum atomic E-state index is -0.902. The first-order valence-electron chi connectivity index (χ1n) is 9.71. The molecule has 0 fully saturated rings. The van der Waals surface area contributed by atoms with Crippen molar-refractivity contribution in [2.75, 3.05) is 26.2 Å². The van der Waals surface area contributed by atoms with Crippen LogP contribution in [0.15, 0.2) is 77.3 Å². The van der Waals surface area contributed by atoms with Crippen molar-refractivity contribution in [2.24, 2.45) is 5.73 Å². The number of anilines is 1. The van der Waals surface area contributed by atoms with Crippen LogP contribution < -0.4 is 10.6 Å². The predicted molar refractivity (Wildman–Crippen MR) is 117 cm³/mol. The highest BCUT2D eigenvalue weighted by Crippen LogP contribution is 2.43. The molecule has 0 aliphatic carbocycles. The van der Waals surface area contributed by atoms with E-state index in [1.54, 1.807) is 49.6 Å². The second-order valence-electron chi connectivity index (χ2n) is 6.94. The molecular formula is C24H23N3O5. The van der Waals surface area contributed by atoms with Gasteiger partial charge in [-0.1, -0.05) is 42.5 Å². The number of nitrogens with two attached hydrogens (primary N) is 1. The first-order chi connectivity index (χ1) is 15.5. The van der Waals surface area contributed by atoms with E-state index >= 15 is 0 Å². The molecule has 1 aliphatic heterocycles. The van der Waals surface area contributed by atoms with Crippen LogP contribution >= 0.6 is 0 Å². The molecular weight excluding hydrogens is 410 g/mol. The molecule has 0 spiro atoms. The zero-order valence-electron chi connectivity index (χ0n) is 18.0. The van der Waals surface area contributed by atoms with Crippen LogP contribution in [-0.4, -0.2) is 33.3 Å². The normalized spacial score (nSPS) is 15.9. The van der Waals surface area contributed by atoms with Crippen molar-refractivity contribution in [3.63, 3.8) is 0 Å². The average molecular weight is 433 g/mol. The Kier molecular flexibility index (Phi) is 6.93. The van der Waals surface area contributed by atoms with Gasteiger partial charge in [0.15, 0.2) is 0 Å². The summed E-state index contributed by atoms with van der Waals surface area (Å²) in [7, 11) is 3.99. The number of carbonyl (C=O) groups is 2. The third-order valence-corrected chi connectivity index (χ3v) is 5.09. The van der Waals surface area contributed by atoms with Gasteiger partial charge < -0.3 is 19.9 Å². The van der Waals surface area contributed by atoms with Crippen molar-refractivity contribution >= 4 is 17.6 Å². The van der Waals surface area contributed by atoms with Gasteiger partial charge >= 0.3 is 11.9 Å². The lowest BCUT2D eigenvalue weighted by molar-refractivity contribution is -0.139. The number of methoxy groups -OCH3 is 3. The zero-order chi connectivity index (χ0) is 23.3. The van der Waals surface area contributed by atoms with Gasteiger partial charge in [0.2, 0.25) is 0 Å². The summed E-state index contributed by atoms with van der Waals surface area (Å²) in [6.45, 7) is 0.324. The van der Waals surface area contributed by atoms with Crippen molar-refractivity contribution < 1.29 is 23.8 Å². The highest BCUT2D eigenvalue weighted by Gasteiger charge is 2.42. The number of benzene rings is 2. The second kappa shape index (κ2) is 9.81. The Labute approximate surface area is 186 Å². The van der Waals surface area contributed by atoms with Crippen molar-refractivity contribution in [1.29, 1.82) is 5.26 Å². The fourth-order valence-corrected chi connectivity index (χ4v) is 3.73. The van der Waals surface area contributed by atoms with Crippen LogP contribution in [0.4, 0.5) is 5.69 Å². The molecule has 2 aromatic rings. The van der Waals surface area contributed by atoms with Crippen LogP contribution in [0, 0.1) is 11.3 Å². The Morgan fingerprint density at radius 1 is 1.03 bits per heavy atom. The van der Waals surface area contributed by atoms with Crippen molar-refractivity contribution in [2.45, 2.75) is 12.5 Å². The molecule has 3 rings (SSSR count). The molecule has 8 nitrogen and oxygen atoms in total. The highest BCUT2D eigenvalue weighted by atomic mass is 16.5. The molecule has 0 bridgehead atoms. The Morgan fingerprint density at radius 3 is 2.31 bits per heavy atom. The van der Waals surface area contributed by atoms with Gasteiger partial charge in [-0.05, 0) is 23.3 Å². The SMILES string of the molecule is COCc1cccc(N2C(N)=C(C#N)C(c3ccccc3)C(C(=O)OC)=C2C(=O)OC)c1. The quantitative estimate of drug-likeness (QED) is 0.692. The van der Waals surface area contributed by atoms with Gasteiger partial charge in [-0.15, -0.1) is 0 Å². The van der Waals surface area contributed by atoms with E-state index in [-0.39, 0.29) is 22.7 Å². The number of hydrogen-bond donors (Lipinski definition) is 1. The van der Waals surface area contributed by atoms with Crippen LogP contribution in [0.1, 0.15) is 17.0 Å². The maximum atomic E-state index is 13.0. The Balaban J connectivity index is 2.37.